The Bertz CT molecular complexity index is 284. The highest BCUT2D eigenvalue weighted by molar-refractivity contribution is 5.72. The van der Waals surface area contributed by atoms with Crippen molar-refractivity contribution in [1.82, 2.24) is 4.98 Å². The highest BCUT2D eigenvalue weighted by Crippen LogP contribution is 2.09. The lowest BCUT2D eigenvalue weighted by molar-refractivity contribution is 0.603. The third-order valence-electron chi connectivity index (χ3n) is 1.23. The summed E-state index contributed by atoms with van der Waals surface area (Å²) < 4.78 is 5.01. The van der Waals surface area contributed by atoms with E-state index in [0.29, 0.717) is 5.71 Å². The Morgan fingerprint density at radius 2 is 1.77 bits per heavy atom. The summed E-state index contributed by atoms with van der Waals surface area (Å²) in [6.07, 6.45) is 3.35. The average molecular weight is 179 g/mol. The van der Waals surface area contributed by atoms with Gasteiger partial charge in [-0.05, 0) is 18.2 Å². The van der Waals surface area contributed by atoms with E-state index in [1.807, 2.05) is 45.9 Å². The molecule has 0 unspecified atom stereocenters. The molecule has 0 spiro atoms. The van der Waals surface area contributed by atoms with Crippen LogP contribution in [0.5, 0.6) is 0 Å². The van der Waals surface area contributed by atoms with Gasteiger partial charge in [0.1, 0.15) is 0 Å². The summed E-state index contributed by atoms with van der Waals surface area (Å²) in [4.78, 5) is 3.97. The molecule has 2 rings (SSSR count). The summed E-state index contributed by atoms with van der Waals surface area (Å²) in [6.45, 7) is 8.00. The number of hydrogen-bond acceptors (Lipinski definition) is 2. The van der Waals surface area contributed by atoms with Crippen LogP contribution < -0.4 is 0 Å². The van der Waals surface area contributed by atoms with Gasteiger partial charge in [-0.1, -0.05) is 27.7 Å². The lowest BCUT2D eigenvalue weighted by Gasteiger charge is -1.80. The van der Waals surface area contributed by atoms with Crippen LogP contribution >= 0.6 is 0 Å². The van der Waals surface area contributed by atoms with Crippen molar-refractivity contribution >= 4 is 11.1 Å². The van der Waals surface area contributed by atoms with Gasteiger partial charge in [0.05, 0.1) is 6.26 Å². The monoisotopic (exact) mass is 179 g/mol. The van der Waals surface area contributed by atoms with Crippen molar-refractivity contribution in [3.63, 3.8) is 0 Å². The summed E-state index contributed by atoms with van der Waals surface area (Å²) >= 11 is 0. The first-order valence-electron chi connectivity index (χ1n) is 4.75. The molecule has 0 aliphatic rings. The minimum atomic E-state index is 0.706. The smallest absolute Gasteiger partial charge is 0.225 e. The van der Waals surface area contributed by atoms with Crippen LogP contribution in [0, 0.1) is 0 Å². The minimum absolute atomic E-state index is 0.706. The third kappa shape index (κ3) is 3.28. The van der Waals surface area contributed by atoms with E-state index in [-0.39, 0.29) is 0 Å². The Balaban J connectivity index is 0.000000322. The Morgan fingerprint density at radius 3 is 2.38 bits per heavy atom. The van der Waals surface area contributed by atoms with Crippen LogP contribution in [0.25, 0.3) is 11.1 Å². The zero-order valence-electron chi connectivity index (χ0n) is 8.74. The Morgan fingerprint density at radius 1 is 1.08 bits per heavy atom. The molecule has 0 radical (unpaired) electrons. The molecule has 0 saturated heterocycles. The first-order chi connectivity index (χ1) is 6.47. The maximum Gasteiger partial charge on any atom is 0.225 e. The van der Waals surface area contributed by atoms with Crippen LogP contribution in [-0.4, -0.2) is 4.98 Å². The quantitative estimate of drug-likeness (QED) is 0.613. The molecule has 0 atom stereocenters. The summed E-state index contributed by atoms with van der Waals surface area (Å²) in [7, 11) is 0. The van der Waals surface area contributed by atoms with E-state index >= 15 is 0 Å². The standard InChI is InChI=1S/C7H5NO.2C2H6/c1-2-6-3-5-9-7(6)8-4-1;2*1-2/h1-5H;2*1-2H3. The molecule has 0 fully saturated rings. The SMILES string of the molecule is CC.CC.c1cnc2occc2c1. The number of aromatic nitrogens is 1. The van der Waals surface area contributed by atoms with Gasteiger partial charge in [0.25, 0.3) is 0 Å². The van der Waals surface area contributed by atoms with Crippen molar-refractivity contribution in [3.8, 4) is 0 Å². The van der Waals surface area contributed by atoms with Crippen molar-refractivity contribution < 1.29 is 4.42 Å². The molecule has 0 aromatic carbocycles. The van der Waals surface area contributed by atoms with Crippen LogP contribution in [0.1, 0.15) is 27.7 Å². The van der Waals surface area contributed by atoms with E-state index in [9.17, 15) is 0 Å². The predicted molar refractivity (Wildman–Crippen MR) is 56.7 cm³/mol. The van der Waals surface area contributed by atoms with Gasteiger partial charge in [-0.2, -0.15) is 0 Å². The molecule has 2 nitrogen and oxygen atoms in total. The van der Waals surface area contributed by atoms with Gasteiger partial charge in [-0.25, -0.2) is 4.98 Å². The first kappa shape index (κ1) is 11.7. The number of rotatable bonds is 0. The van der Waals surface area contributed by atoms with Gasteiger partial charge in [0, 0.05) is 11.6 Å². The Hall–Kier alpha value is -1.31. The van der Waals surface area contributed by atoms with Gasteiger partial charge in [-0.15, -0.1) is 0 Å². The fourth-order valence-electron chi connectivity index (χ4n) is 0.800. The van der Waals surface area contributed by atoms with Gasteiger partial charge in [-0.3, -0.25) is 0 Å². The number of nitrogens with zero attached hydrogens (tertiary/aromatic N) is 1. The average Bonchev–Trinajstić information content (AvgIpc) is 2.71. The molecule has 2 heteroatoms. The van der Waals surface area contributed by atoms with E-state index in [2.05, 4.69) is 4.98 Å². The minimum Gasteiger partial charge on any atom is -0.446 e. The first-order valence-corrected chi connectivity index (χ1v) is 4.75. The third-order valence-corrected chi connectivity index (χ3v) is 1.23. The summed E-state index contributed by atoms with van der Waals surface area (Å²) in [6, 6.07) is 5.74. The van der Waals surface area contributed by atoms with Gasteiger partial charge >= 0.3 is 0 Å². The molecule has 2 aromatic heterocycles. The Labute approximate surface area is 79.6 Å². The molecule has 2 heterocycles. The van der Waals surface area contributed by atoms with Gasteiger partial charge < -0.3 is 4.42 Å². The molecule has 2 aromatic rings. The predicted octanol–water partition coefficient (Wildman–Crippen LogP) is 3.88. The highest BCUT2D eigenvalue weighted by Gasteiger charge is 1.91. The van der Waals surface area contributed by atoms with Crippen molar-refractivity contribution in [3.05, 3.63) is 30.7 Å². The van der Waals surface area contributed by atoms with E-state index in [1.165, 1.54) is 0 Å². The summed E-state index contributed by atoms with van der Waals surface area (Å²) in [5, 5.41) is 1.05. The maximum absolute atomic E-state index is 5.01. The van der Waals surface area contributed by atoms with E-state index in [1.54, 1.807) is 12.5 Å². The molecular formula is C11H17NO. The summed E-state index contributed by atoms with van der Waals surface area (Å²) in [5.41, 5.74) is 0.706. The molecule has 0 amide bonds. The molecule has 0 aliphatic carbocycles. The van der Waals surface area contributed by atoms with Crippen molar-refractivity contribution in [1.29, 1.82) is 0 Å². The fourth-order valence-corrected chi connectivity index (χ4v) is 0.800. The van der Waals surface area contributed by atoms with Crippen molar-refractivity contribution in [2.75, 3.05) is 0 Å². The second kappa shape index (κ2) is 7.35. The number of furan rings is 1. The second-order valence-electron chi connectivity index (χ2n) is 1.82. The zero-order chi connectivity index (χ0) is 10.1. The van der Waals surface area contributed by atoms with Crippen LogP contribution in [0.15, 0.2) is 35.1 Å². The number of fused-ring (bicyclic) bond motifs is 1. The van der Waals surface area contributed by atoms with E-state index in [4.69, 9.17) is 4.42 Å². The molecular weight excluding hydrogens is 162 g/mol. The van der Waals surface area contributed by atoms with Crippen molar-refractivity contribution in [2.45, 2.75) is 27.7 Å². The zero-order valence-corrected chi connectivity index (χ0v) is 8.74. The second-order valence-corrected chi connectivity index (χ2v) is 1.82. The molecule has 0 N–H and O–H groups in total. The molecule has 72 valence electrons. The van der Waals surface area contributed by atoms with E-state index < -0.39 is 0 Å². The van der Waals surface area contributed by atoms with Crippen LogP contribution in [0.3, 0.4) is 0 Å². The molecule has 13 heavy (non-hydrogen) atoms. The number of pyridine rings is 1. The topological polar surface area (TPSA) is 26.0 Å². The highest BCUT2D eigenvalue weighted by atomic mass is 16.3. The normalized spacial score (nSPS) is 8.00. The largest absolute Gasteiger partial charge is 0.446 e. The van der Waals surface area contributed by atoms with Gasteiger partial charge in [0.15, 0.2) is 0 Å². The van der Waals surface area contributed by atoms with Crippen LogP contribution in [-0.2, 0) is 0 Å². The number of hydrogen-bond donors (Lipinski definition) is 0. The lowest BCUT2D eigenvalue weighted by atomic mass is 10.4. The van der Waals surface area contributed by atoms with Crippen molar-refractivity contribution in [2.24, 2.45) is 0 Å². The molecule has 0 saturated carbocycles. The maximum atomic E-state index is 5.01. The molecule has 0 bridgehead atoms. The summed E-state index contributed by atoms with van der Waals surface area (Å²) in [5.74, 6) is 0. The lowest BCUT2D eigenvalue weighted by Crippen LogP contribution is -1.66. The van der Waals surface area contributed by atoms with Crippen LogP contribution in [0.2, 0.25) is 0 Å². The fraction of sp³-hybridized carbons (Fsp3) is 0.364. The molecule has 0 aliphatic heterocycles. The Kier molecular flexibility index (Phi) is 6.60. The van der Waals surface area contributed by atoms with E-state index in [0.717, 1.165) is 5.39 Å². The van der Waals surface area contributed by atoms with Crippen LogP contribution in [0.4, 0.5) is 0 Å². The van der Waals surface area contributed by atoms with Gasteiger partial charge in [0.2, 0.25) is 5.71 Å².